The van der Waals surface area contributed by atoms with E-state index in [1.54, 1.807) is 21.9 Å². The summed E-state index contributed by atoms with van der Waals surface area (Å²) in [5, 5.41) is 0. The molecule has 0 saturated carbocycles. The summed E-state index contributed by atoms with van der Waals surface area (Å²) in [7, 11) is 0. The molecule has 126 valence electrons. The van der Waals surface area contributed by atoms with Crippen LogP contribution in [0, 0.1) is 5.82 Å². The van der Waals surface area contributed by atoms with Gasteiger partial charge in [-0.3, -0.25) is 9.59 Å². The third-order valence-corrected chi connectivity index (χ3v) is 4.31. The molecule has 24 heavy (non-hydrogen) atoms. The molecule has 0 aliphatic carbocycles. The van der Waals surface area contributed by atoms with Crippen molar-refractivity contribution >= 4 is 11.8 Å². The van der Waals surface area contributed by atoms with Crippen LogP contribution < -0.4 is 5.73 Å². The van der Waals surface area contributed by atoms with E-state index in [2.05, 4.69) is 4.98 Å². The zero-order chi connectivity index (χ0) is 17.1. The molecular formula is C17H19FN4O2. The highest BCUT2D eigenvalue weighted by Crippen LogP contribution is 2.27. The van der Waals surface area contributed by atoms with E-state index in [-0.39, 0.29) is 24.2 Å². The maximum Gasteiger partial charge on any atom is 0.253 e. The standard InChI is InChI=1S/C17H19FN4O2/c18-14-3-1-13(2-4-14)17(24)21-8-5-12(6-9-21)16-20-7-10-22(16)11-15(19)23/h1-4,7,10,12H,5-6,8-9,11H2,(H2,19,23). The Kier molecular flexibility index (Phi) is 4.59. The molecule has 2 aromatic rings. The van der Waals surface area contributed by atoms with Gasteiger partial charge in [-0.15, -0.1) is 0 Å². The molecule has 0 unspecified atom stereocenters. The third-order valence-electron chi connectivity index (χ3n) is 4.31. The van der Waals surface area contributed by atoms with E-state index in [1.165, 1.54) is 24.3 Å². The number of hydrogen-bond acceptors (Lipinski definition) is 3. The van der Waals surface area contributed by atoms with Crippen LogP contribution in [0.15, 0.2) is 36.7 Å². The molecule has 0 bridgehead atoms. The van der Waals surface area contributed by atoms with Crippen molar-refractivity contribution in [2.75, 3.05) is 13.1 Å². The lowest BCUT2D eigenvalue weighted by Crippen LogP contribution is -2.38. The number of primary amides is 1. The first-order valence-electron chi connectivity index (χ1n) is 7.89. The predicted octanol–water partition coefficient (Wildman–Crippen LogP) is 1.53. The Bertz CT molecular complexity index is 733. The average molecular weight is 330 g/mol. The number of nitrogens with two attached hydrogens (primary N) is 1. The van der Waals surface area contributed by atoms with Gasteiger partial charge in [0.25, 0.3) is 5.91 Å². The van der Waals surface area contributed by atoms with Crippen molar-refractivity contribution in [3.63, 3.8) is 0 Å². The van der Waals surface area contributed by atoms with Crippen LogP contribution in [-0.2, 0) is 11.3 Å². The first-order valence-corrected chi connectivity index (χ1v) is 7.89. The van der Waals surface area contributed by atoms with Gasteiger partial charge in [-0.2, -0.15) is 0 Å². The minimum atomic E-state index is -0.404. The molecule has 7 heteroatoms. The summed E-state index contributed by atoms with van der Waals surface area (Å²) in [5.74, 6) is 0.179. The lowest BCUT2D eigenvalue weighted by atomic mass is 9.95. The summed E-state index contributed by atoms with van der Waals surface area (Å²) < 4.78 is 14.7. The number of likely N-dealkylation sites (tertiary alicyclic amines) is 1. The fourth-order valence-electron chi connectivity index (χ4n) is 3.10. The van der Waals surface area contributed by atoms with E-state index in [0.29, 0.717) is 18.7 Å². The minimum Gasteiger partial charge on any atom is -0.368 e. The molecule has 3 rings (SSSR count). The molecule has 1 saturated heterocycles. The first-order chi connectivity index (χ1) is 11.5. The fraction of sp³-hybridized carbons (Fsp3) is 0.353. The molecule has 0 atom stereocenters. The quantitative estimate of drug-likeness (QED) is 0.923. The number of rotatable bonds is 4. The van der Waals surface area contributed by atoms with Gasteiger partial charge in [0.15, 0.2) is 0 Å². The Labute approximate surface area is 139 Å². The zero-order valence-corrected chi connectivity index (χ0v) is 13.2. The summed E-state index contributed by atoms with van der Waals surface area (Å²) in [6, 6.07) is 5.59. The number of carbonyl (C=O) groups is 2. The van der Waals surface area contributed by atoms with Crippen LogP contribution in [0.4, 0.5) is 4.39 Å². The van der Waals surface area contributed by atoms with Crippen LogP contribution in [0.5, 0.6) is 0 Å². The van der Waals surface area contributed by atoms with Crippen molar-refractivity contribution in [2.24, 2.45) is 5.73 Å². The lowest BCUT2D eigenvalue weighted by molar-refractivity contribution is -0.118. The normalized spacial score (nSPS) is 15.5. The first kappa shape index (κ1) is 16.2. The summed E-state index contributed by atoms with van der Waals surface area (Å²) in [6.07, 6.45) is 4.94. The maximum absolute atomic E-state index is 13.0. The summed E-state index contributed by atoms with van der Waals surface area (Å²) in [6.45, 7) is 1.32. The van der Waals surface area contributed by atoms with Gasteiger partial charge < -0.3 is 15.2 Å². The largest absolute Gasteiger partial charge is 0.368 e. The summed E-state index contributed by atoms with van der Waals surface area (Å²) in [4.78, 5) is 29.7. The van der Waals surface area contributed by atoms with Crippen molar-refractivity contribution in [1.82, 2.24) is 14.5 Å². The van der Waals surface area contributed by atoms with Gasteiger partial charge in [-0.25, -0.2) is 9.37 Å². The van der Waals surface area contributed by atoms with Crippen molar-refractivity contribution < 1.29 is 14.0 Å². The van der Waals surface area contributed by atoms with E-state index >= 15 is 0 Å². The van der Waals surface area contributed by atoms with Crippen molar-refractivity contribution in [2.45, 2.75) is 25.3 Å². The third kappa shape index (κ3) is 3.45. The number of amides is 2. The number of carbonyl (C=O) groups excluding carboxylic acids is 2. The number of aromatic nitrogens is 2. The highest BCUT2D eigenvalue weighted by atomic mass is 19.1. The highest BCUT2D eigenvalue weighted by molar-refractivity contribution is 5.94. The van der Waals surface area contributed by atoms with Crippen molar-refractivity contribution in [3.8, 4) is 0 Å². The van der Waals surface area contributed by atoms with Crippen LogP contribution >= 0.6 is 0 Å². The Morgan fingerprint density at radius 2 is 1.88 bits per heavy atom. The van der Waals surface area contributed by atoms with E-state index in [0.717, 1.165) is 18.7 Å². The summed E-state index contributed by atoms with van der Waals surface area (Å²) in [5.41, 5.74) is 5.74. The minimum absolute atomic E-state index is 0.0890. The molecule has 2 heterocycles. The molecule has 6 nitrogen and oxygen atoms in total. The van der Waals surface area contributed by atoms with Crippen LogP contribution in [0.25, 0.3) is 0 Å². The molecule has 1 aromatic heterocycles. The second-order valence-corrected chi connectivity index (χ2v) is 5.95. The van der Waals surface area contributed by atoms with Crippen LogP contribution in [0.2, 0.25) is 0 Å². The molecule has 1 fully saturated rings. The van der Waals surface area contributed by atoms with E-state index in [4.69, 9.17) is 5.73 Å². The molecule has 1 aliphatic heterocycles. The Morgan fingerprint density at radius 1 is 1.21 bits per heavy atom. The van der Waals surface area contributed by atoms with Gasteiger partial charge in [-0.05, 0) is 37.1 Å². The van der Waals surface area contributed by atoms with Gasteiger partial charge in [0.2, 0.25) is 5.91 Å². The lowest BCUT2D eigenvalue weighted by Gasteiger charge is -2.32. The smallest absolute Gasteiger partial charge is 0.253 e. The number of benzene rings is 1. The molecule has 2 amide bonds. The number of nitrogens with zero attached hydrogens (tertiary/aromatic N) is 3. The summed E-state index contributed by atoms with van der Waals surface area (Å²) >= 11 is 0. The van der Waals surface area contributed by atoms with Crippen LogP contribution in [0.3, 0.4) is 0 Å². The van der Waals surface area contributed by atoms with E-state index < -0.39 is 5.91 Å². The SMILES string of the molecule is NC(=O)Cn1ccnc1C1CCN(C(=O)c2ccc(F)cc2)CC1. The van der Waals surface area contributed by atoms with Gasteiger partial charge in [0, 0.05) is 37.0 Å². The molecule has 1 aliphatic rings. The van der Waals surface area contributed by atoms with Gasteiger partial charge in [-0.1, -0.05) is 0 Å². The maximum atomic E-state index is 13.0. The number of hydrogen-bond donors (Lipinski definition) is 1. The van der Waals surface area contributed by atoms with Crippen LogP contribution in [0.1, 0.15) is 34.9 Å². The monoisotopic (exact) mass is 330 g/mol. The second-order valence-electron chi connectivity index (χ2n) is 5.95. The second kappa shape index (κ2) is 6.82. The highest BCUT2D eigenvalue weighted by Gasteiger charge is 2.27. The predicted molar refractivity (Wildman–Crippen MR) is 85.7 cm³/mol. The van der Waals surface area contributed by atoms with Gasteiger partial charge in [0.1, 0.15) is 18.2 Å². The number of piperidine rings is 1. The topological polar surface area (TPSA) is 81.2 Å². The number of halogens is 1. The van der Waals surface area contributed by atoms with E-state index in [9.17, 15) is 14.0 Å². The molecular weight excluding hydrogens is 311 g/mol. The van der Waals surface area contributed by atoms with E-state index in [1.807, 2.05) is 0 Å². The fourth-order valence-corrected chi connectivity index (χ4v) is 3.10. The average Bonchev–Trinajstić information content (AvgIpc) is 3.02. The van der Waals surface area contributed by atoms with Gasteiger partial charge >= 0.3 is 0 Å². The van der Waals surface area contributed by atoms with Gasteiger partial charge in [0.05, 0.1) is 0 Å². The van der Waals surface area contributed by atoms with Crippen molar-refractivity contribution in [3.05, 3.63) is 53.9 Å². The zero-order valence-electron chi connectivity index (χ0n) is 13.2. The molecule has 0 spiro atoms. The number of imidazole rings is 1. The molecule has 1 aromatic carbocycles. The van der Waals surface area contributed by atoms with Crippen molar-refractivity contribution in [1.29, 1.82) is 0 Å². The Morgan fingerprint density at radius 3 is 2.50 bits per heavy atom. The Balaban J connectivity index is 1.63. The Hall–Kier alpha value is -2.70. The molecule has 0 radical (unpaired) electrons. The molecule has 2 N–H and O–H groups in total. The van der Waals surface area contributed by atoms with Crippen LogP contribution in [-0.4, -0.2) is 39.4 Å².